The highest BCUT2D eigenvalue weighted by Gasteiger charge is 2.19. The van der Waals surface area contributed by atoms with Crippen molar-refractivity contribution in [2.24, 2.45) is 0 Å². The zero-order valence-electron chi connectivity index (χ0n) is 14.7. The lowest BCUT2D eigenvalue weighted by Crippen LogP contribution is -2.01. The van der Waals surface area contributed by atoms with E-state index in [-0.39, 0.29) is 12.6 Å². The van der Waals surface area contributed by atoms with Gasteiger partial charge in [-0.05, 0) is 29.8 Å². The van der Waals surface area contributed by atoms with Crippen LogP contribution in [0.15, 0.2) is 30.3 Å². The maximum absolute atomic E-state index is 12.5. The second-order valence-corrected chi connectivity index (χ2v) is 5.45. The Kier molecular flexibility index (Phi) is 4.88. The third-order valence-electron chi connectivity index (χ3n) is 3.92. The molecule has 0 amide bonds. The third-order valence-corrected chi connectivity index (χ3v) is 3.92. The van der Waals surface area contributed by atoms with Gasteiger partial charge < -0.3 is 29.4 Å². The van der Waals surface area contributed by atoms with Crippen LogP contribution < -0.4 is 29.4 Å². The van der Waals surface area contributed by atoms with Gasteiger partial charge in [0.25, 0.3) is 0 Å². The molecular formula is C19H19NO6. The first-order valence-electron chi connectivity index (χ1n) is 7.79. The van der Waals surface area contributed by atoms with E-state index in [4.69, 9.17) is 29.4 Å². The number of nitrogen functional groups attached to an aromatic ring is 1. The normalized spacial score (nSPS) is 12.3. The lowest BCUT2D eigenvalue weighted by Gasteiger charge is -2.12. The van der Waals surface area contributed by atoms with Crippen molar-refractivity contribution in [2.75, 3.05) is 33.9 Å². The van der Waals surface area contributed by atoms with Crippen molar-refractivity contribution in [3.63, 3.8) is 0 Å². The van der Waals surface area contributed by atoms with Crippen LogP contribution in [0.1, 0.15) is 15.9 Å². The summed E-state index contributed by atoms with van der Waals surface area (Å²) >= 11 is 0. The van der Waals surface area contributed by atoms with Crippen molar-refractivity contribution < 1.29 is 28.5 Å². The molecule has 0 radical (unpaired) electrons. The standard InChI is InChI=1S/C19H19NO6/c1-22-17-6-11(7-18(23-2)19(17)24-3)4-5-14(21)12-8-15-16(9-13(12)20)26-10-25-15/h4-9H,10,20H2,1-3H3/b5-4+. The molecule has 2 aromatic carbocycles. The van der Waals surface area contributed by atoms with Crippen molar-refractivity contribution >= 4 is 17.5 Å². The lowest BCUT2D eigenvalue weighted by molar-refractivity contribution is 0.104. The number of ketones is 1. The quantitative estimate of drug-likeness (QED) is 0.483. The number of hydrogen-bond donors (Lipinski definition) is 1. The second kappa shape index (κ2) is 7.26. The largest absolute Gasteiger partial charge is 0.493 e. The number of allylic oxidation sites excluding steroid dienone is 1. The van der Waals surface area contributed by atoms with Crippen LogP contribution >= 0.6 is 0 Å². The second-order valence-electron chi connectivity index (χ2n) is 5.45. The van der Waals surface area contributed by atoms with Gasteiger partial charge in [0.2, 0.25) is 12.5 Å². The first-order valence-corrected chi connectivity index (χ1v) is 7.79. The molecule has 3 rings (SSSR count). The Balaban J connectivity index is 1.89. The predicted molar refractivity (Wildman–Crippen MR) is 96.4 cm³/mol. The van der Waals surface area contributed by atoms with Gasteiger partial charge >= 0.3 is 0 Å². The van der Waals surface area contributed by atoms with E-state index in [1.165, 1.54) is 27.4 Å². The highest BCUT2D eigenvalue weighted by atomic mass is 16.7. The van der Waals surface area contributed by atoms with Crippen LogP contribution in [-0.4, -0.2) is 33.9 Å². The molecule has 0 saturated heterocycles. The van der Waals surface area contributed by atoms with Gasteiger partial charge in [0.05, 0.1) is 21.3 Å². The number of carbonyl (C=O) groups is 1. The smallest absolute Gasteiger partial charge is 0.231 e. The SMILES string of the molecule is COc1cc(/C=C/C(=O)c2cc3c(cc2N)OCO3)cc(OC)c1OC. The molecule has 2 aromatic rings. The van der Waals surface area contributed by atoms with Gasteiger partial charge in [0, 0.05) is 17.3 Å². The maximum atomic E-state index is 12.5. The van der Waals surface area contributed by atoms with Crippen LogP contribution in [0.4, 0.5) is 5.69 Å². The minimum atomic E-state index is -0.255. The minimum absolute atomic E-state index is 0.119. The molecule has 26 heavy (non-hydrogen) atoms. The average molecular weight is 357 g/mol. The van der Waals surface area contributed by atoms with E-state index in [0.717, 1.165) is 0 Å². The molecule has 7 heteroatoms. The van der Waals surface area contributed by atoms with Crippen molar-refractivity contribution in [3.8, 4) is 28.7 Å². The van der Waals surface area contributed by atoms with E-state index in [1.54, 1.807) is 30.3 Å². The van der Waals surface area contributed by atoms with Crippen LogP contribution in [0.2, 0.25) is 0 Å². The molecule has 2 N–H and O–H groups in total. The van der Waals surface area contributed by atoms with Crippen molar-refractivity contribution in [1.29, 1.82) is 0 Å². The number of hydrogen-bond acceptors (Lipinski definition) is 7. The summed E-state index contributed by atoms with van der Waals surface area (Å²) < 4.78 is 26.4. The Morgan fingerprint density at radius 1 is 1.00 bits per heavy atom. The van der Waals surface area contributed by atoms with Crippen LogP contribution in [-0.2, 0) is 0 Å². The Hall–Kier alpha value is -3.35. The number of rotatable bonds is 6. The van der Waals surface area contributed by atoms with Crippen molar-refractivity contribution in [1.82, 2.24) is 0 Å². The maximum Gasteiger partial charge on any atom is 0.231 e. The predicted octanol–water partition coefficient (Wildman–Crippen LogP) is 2.92. The lowest BCUT2D eigenvalue weighted by atomic mass is 10.1. The molecule has 0 aromatic heterocycles. The molecule has 0 aliphatic carbocycles. The monoisotopic (exact) mass is 357 g/mol. The fourth-order valence-corrected chi connectivity index (χ4v) is 2.63. The molecule has 0 atom stereocenters. The average Bonchev–Trinajstić information content (AvgIpc) is 3.11. The molecule has 0 saturated carbocycles. The topological polar surface area (TPSA) is 89.2 Å². The van der Waals surface area contributed by atoms with Crippen LogP contribution in [0.5, 0.6) is 28.7 Å². The van der Waals surface area contributed by atoms with Gasteiger partial charge in [-0.1, -0.05) is 6.08 Å². The van der Waals surface area contributed by atoms with Crippen molar-refractivity contribution in [3.05, 3.63) is 41.5 Å². The molecule has 1 heterocycles. The number of anilines is 1. The fourth-order valence-electron chi connectivity index (χ4n) is 2.63. The summed E-state index contributed by atoms with van der Waals surface area (Å²) in [5, 5.41) is 0. The Labute approximate surface area is 150 Å². The molecule has 0 bridgehead atoms. The van der Waals surface area contributed by atoms with Crippen molar-refractivity contribution in [2.45, 2.75) is 0 Å². The van der Waals surface area contributed by atoms with E-state index < -0.39 is 0 Å². The van der Waals surface area contributed by atoms with Gasteiger partial charge in [-0.25, -0.2) is 0 Å². The zero-order valence-corrected chi connectivity index (χ0v) is 14.7. The molecule has 1 aliphatic rings. The molecule has 0 fully saturated rings. The van der Waals surface area contributed by atoms with E-state index in [1.807, 2.05) is 0 Å². The highest BCUT2D eigenvalue weighted by molar-refractivity contribution is 6.10. The van der Waals surface area contributed by atoms with E-state index in [2.05, 4.69) is 0 Å². The zero-order chi connectivity index (χ0) is 18.7. The van der Waals surface area contributed by atoms with Gasteiger partial charge in [-0.2, -0.15) is 0 Å². The Morgan fingerprint density at radius 3 is 2.19 bits per heavy atom. The van der Waals surface area contributed by atoms with E-state index >= 15 is 0 Å². The van der Waals surface area contributed by atoms with Crippen LogP contribution in [0, 0.1) is 0 Å². The first kappa shape index (κ1) is 17.5. The number of methoxy groups -OCH3 is 3. The number of benzene rings is 2. The van der Waals surface area contributed by atoms with Gasteiger partial charge in [0.1, 0.15) is 0 Å². The van der Waals surface area contributed by atoms with E-state index in [9.17, 15) is 4.79 Å². The van der Waals surface area contributed by atoms with Gasteiger partial charge in [-0.15, -0.1) is 0 Å². The summed E-state index contributed by atoms with van der Waals surface area (Å²) in [5.41, 5.74) is 7.33. The molecular weight excluding hydrogens is 338 g/mol. The molecule has 1 aliphatic heterocycles. The number of nitrogens with two attached hydrogens (primary N) is 1. The first-order chi connectivity index (χ1) is 12.6. The van der Waals surface area contributed by atoms with E-state index in [0.29, 0.717) is 45.6 Å². The molecule has 136 valence electrons. The highest BCUT2D eigenvalue weighted by Crippen LogP contribution is 2.39. The number of carbonyl (C=O) groups excluding carboxylic acids is 1. The van der Waals surface area contributed by atoms with Gasteiger partial charge in [-0.3, -0.25) is 4.79 Å². The summed E-state index contributed by atoms with van der Waals surface area (Å²) in [7, 11) is 4.59. The molecule has 7 nitrogen and oxygen atoms in total. The summed E-state index contributed by atoms with van der Waals surface area (Å²) in [6.07, 6.45) is 3.07. The number of fused-ring (bicyclic) bond motifs is 1. The van der Waals surface area contributed by atoms with Crippen LogP contribution in [0.25, 0.3) is 6.08 Å². The molecule has 0 spiro atoms. The Bertz CT molecular complexity index is 850. The summed E-state index contributed by atoms with van der Waals surface area (Å²) in [6.45, 7) is 0.119. The van der Waals surface area contributed by atoms with Gasteiger partial charge in [0.15, 0.2) is 28.8 Å². The summed E-state index contributed by atoms with van der Waals surface area (Å²) in [5.74, 6) is 2.27. The Morgan fingerprint density at radius 2 is 1.62 bits per heavy atom. The summed E-state index contributed by atoms with van der Waals surface area (Å²) in [6, 6.07) is 6.66. The van der Waals surface area contributed by atoms with Crippen LogP contribution in [0.3, 0.4) is 0 Å². The minimum Gasteiger partial charge on any atom is -0.493 e. The summed E-state index contributed by atoms with van der Waals surface area (Å²) in [4.78, 5) is 12.5. The molecule has 0 unspecified atom stereocenters. The fraction of sp³-hybridized carbons (Fsp3) is 0.211. The number of ether oxygens (including phenoxy) is 5. The third kappa shape index (κ3) is 3.23.